The smallest absolute Gasteiger partial charge is 0.129 e. The minimum Gasteiger partial charge on any atom is -0.384 e. The zero-order valence-corrected chi connectivity index (χ0v) is 8.18. The fourth-order valence-corrected chi connectivity index (χ4v) is 1.90. The van der Waals surface area contributed by atoms with Crippen molar-refractivity contribution in [3.63, 3.8) is 0 Å². The topological polar surface area (TPSA) is 32.3 Å². The van der Waals surface area contributed by atoms with E-state index in [1.54, 1.807) is 12.1 Å². The number of rotatable bonds is 1. The number of β-amino-alcohol motifs (C(OH)–C–C–N with tert-alkyl or cyclic N) is 1. The highest BCUT2D eigenvalue weighted by Gasteiger charge is 2.35. The van der Waals surface area contributed by atoms with Crippen LogP contribution in [-0.4, -0.2) is 18.2 Å². The molecule has 0 radical (unpaired) electrons. The Morgan fingerprint density at radius 1 is 1.50 bits per heavy atom. The van der Waals surface area contributed by atoms with Crippen LogP contribution in [0.2, 0.25) is 0 Å². The summed E-state index contributed by atoms with van der Waals surface area (Å²) in [5.74, 6) is -0.318. The highest BCUT2D eigenvalue weighted by molar-refractivity contribution is 5.30. The quantitative estimate of drug-likeness (QED) is 0.708. The molecule has 0 spiro atoms. The number of nitrogens with one attached hydrogen (secondary N) is 1. The first-order valence-corrected chi connectivity index (χ1v) is 4.81. The van der Waals surface area contributed by atoms with Crippen LogP contribution in [0.5, 0.6) is 0 Å². The summed E-state index contributed by atoms with van der Waals surface area (Å²) in [6.07, 6.45) is 0.577. The Kier molecular flexibility index (Phi) is 2.29. The van der Waals surface area contributed by atoms with Gasteiger partial charge in [-0.2, -0.15) is 0 Å². The number of halogens is 1. The Bertz CT molecular complexity index is 345. The molecular formula is C11H14FNO. The van der Waals surface area contributed by atoms with Gasteiger partial charge in [0.05, 0.1) is 0 Å². The summed E-state index contributed by atoms with van der Waals surface area (Å²) < 4.78 is 13.5. The molecule has 2 N–H and O–H groups in total. The summed E-state index contributed by atoms with van der Waals surface area (Å²) in [6, 6.07) is 4.86. The van der Waals surface area contributed by atoms with E-state index in [4.69, 9.17) is 0 Å². The molecule has 1 aliphatic rings. The molecule has 76 valence electrons. The van der Waals surface area contributed by atoms with Gasteiger partial charge < -0.3 is 10.4 Å². The van der Waals surface area contributed by atoms with Crippen molar-refractivity contribution in [1.29, 1.82) is 0 Å². The van der Waals surface area contributed by atoms with Crippen LogP contribution in [0, 0.1) is 12.7 Å². The number of aryl methyl sites for hydroxylation is 1. The monoisotopic (exact) mass is 195 g/mol. The summed E-state index contributed by atoms with van der Waals surface area (Å²) in [6.45, 7) is 3.08. The van der Waals surface area contributed by atoms with Gasteiger partial charge >= 0.3 is 0 Å². The normalized spacial score (nSPS) is 26.8. The lowest BCUT2D eigenvalue weighted by Gasteiger charge is -2.22. The van der Waals surface area contributed by atoms with Gasteiger partial charge in [0.1, 0.15) is 11.4 Å². The van der Waals surface area contributed by atoms with Crippen LogP contribution < -0.4 is 5.32 Å². The second-order valence-electron chi connectivity index (χ2n) is 3.94. The third kappa shape index (κ3) is 1.53. The lowest BCUT2D eigenvalue weighted by molar-refractivity contribution is 0.0548. The van der Waals surface area contributed by atoms with E-state index in [1.165, 1.54) is 6.07 Å². The van der Waals surface area contributed by atoms with Crippen LogP contribution in [0.25, 0.3) is 0 Å². The van der Waals surface area contributed by atoms with Crippen molar-refractivity contribution in [2.75, 3.05) is 13.1 Å². The van der Waals surface area contributed by atoms with E-state index in [9.17, 15) is 9.50 Å². The van der Waals surface area contributed by atoms with Crippen molar-refractivity contribution in [2.45, 2.75) is 18.9 Å². The van der Waals surface area contributed by atoms with Gasteiger partial charge in [0.2, 0.25) is 0 Å². The fraction of sp³-hybridized carbons (Fsp3) is 0.455. The molecule has 1 aromatic rings. The largest absolute Gasteiger partial charge is 0.384 e. The molecule has 2 nitrogen and oxygen atoms in total. The Morgan fingerprint density at radius 2 is 2.29 bits per heavy atom. The van der Waals surface area contributed by atoms with Crippen molar-refractivity contribution >= 4 is 0 Å². The molecular weight excluding hydrogens is 181 g/mol. The van der Waals surface area contributed by atoms with Crippen molar-refractivity contribution in [1.82, 2.24) is 5.32 Å². The van der Waals surface area contributed by atoms with E-state index < -0.39 is 5.60 Å². The van der Waals surface area contributed by atoms with Gasteiger partial charge in [-0.3, -0.25) is 0 Å². The van der Waals surface area contributed by atoms with Crippen LogP contribution in [0.1, 0.15) is 17.5 Å². The van der Waals surface area contributed by atoms with Crippen molar-refractivity contribution in [2.24, 2.45) is 0 Å². The van der Waals surface area contributed by atoms with Crippen LogP contribution in [-0.2, 0) is 5.60 Å². The third-order valence-corrected chi connectivity index (χ3v) is 2.76. The summed E-state index contributed by atoms with van der Waals surface area (Å²) in [5, 5.41) is 13.2. The molecule has 1 saturated heterocycles. The molecule has 1 fully saturated rings. The average Bonchev–Trinajstić information content (AvgIpc) is 2.58. The number of benzene rings is 1. The van der Waals surface area contributed by atoms with Gasteiger partial charge in [-0.25, -0.2) is 4.39 Å². The van der Waals surface area contributed by atoms with Gasteiger partial charge in [0.25, 0.3) is 0 Å². The first-order chi connectivity index (χ1) is 6.62. The molecule has 1 unspecified atom stereocenters. The molecule has 2 rings (SSSR count). The molecule has 0 aliphatic carbocycles. The van der Waals surface area contributed by atoms with Gasteiger partial charge in [-0.15, -0.1) is 0 Å². The molecule has 1 heterocycles. The highest BCUT2D eigenvalue weighted by Crippen LogP contribution is 2.30. The average molecular weight is 195 g/mol. The van der Waals surface area contributed by atoms with Crippen molar-refractivity contribution < 1.29 is 9.50 Å². The molecule has 1 aliphatic heterocycles. The molecule has 0 saturated carbocycles. The Hall–Kier alpha value is -0.930. The van der Waals surface area contributed by atoms with Gasteiger partial charge in [0, 0.05) is 12.1 Å². The predicted molar refractivity (Wildman–Crippen MR) is 52.5 cm³/mol. The van der Waals surface area contributed by atoms with Crippen molar-refractivity contribution in [3.8, 4) is 0 Å². The van der Waals surface area contributed by atoms with E-state index in [-0.39, 0.29) is 5.82 Å². The first kappa shape index (κ1) is 9.62. The standard InChI is InChI=1S/C11H14FNO/c1-8-2-3-10(12)9(6-8)11(14)4-5-13-7-11/h2-3,6,13-14H,4-5,7H2,1H3. The lowest BCUT2D eigenvalue weighted by Crippen LogP contribution is -2.29. The van der Waals surface area contributed by atoms with Crippen LogP contribution in [0.4, 0.5) is 4.39 Å². The maximum Gasteiger partial charge on any atom is 0.129 e. The minimum absolute atomic E-state index is 0.318. The van der Waals surface area contributed by atoms with E-state index in [0.29, 0.717) is 18.5 Å². The van der Waals surface area contributed by atoms with Gasteiger partial charge in [0.15, 0.2) is 0 Å². The second-order valence-corrected chi connectivity index (χ2v) is 3.94. The SMILES string of the molecule is Cc1ccc(F)c(C2(O)CCNC2)c1. The maximum absolute atomic E-state index is 13.5. The van der Waals surface area contributed by atoms with E-state index in [0.717, 1.165) is 12.1 Å². The maximum atomic E-state index is 13.5. The molecule has 3 heteroatoms. The summed E-state index contributed by atoms with van der Waals surface area (Å²) in [7, 11) is 0. The van der Waals surface area contributed by atoms with Crippen LogP contribution >= 0.6 is 0 Å². The number of aliphatic hydroxyl groups is 1. The van der Waals surface area contributed by atoms with Crippen LogP contribution in [0.3, 0.4) is 0 Å². The summed E-state index contributed by atoms with van der Waals surface area (Å²) in [4.78, 5) is 0. The molecule has 0 amide bonds. The second kappa shape index (κ2) is 3.33. The predicted octanol–water partition coefficient (Wildman–Crippen LogP) is 1.32. The summed E-state index contributed by atoms with van der Waals surface area (Å²) >= 11 is 0. The Morgan fingerprint density at radius 3 is 2.93 bits per heavy atom. The zero-order chi connectivity index (χ0) is 10.2. The minimum atomic E-state index is -1.02. The Labute approximate surface area is 82.8 Å². The van der Waals surface area contributed by atoms with Gasteiger partial charge in [-0.05, 0) is 26.0 Å². The highest BCUT2D eigenvalue weighted by atomic mass is 19.1. The lowest BCUT2D eigenvalue weighted by atomic mass is 9.91. The number of hydrogen-bond acceptors (Lipinski definition) is 2. The molecule has 0 aromatic heterocycles. The zero-order valence-electron chi connectivity index (χ0n) is 8.18. The number of hydrogen-bond donors (Lipinski definition) is 2. The van der Waals surface area contributed by atoms with Gasteiger partial charge in [-0.1, -0.05) is 17.7 Å². The molecule has 14 heavy (non-hydrogen) atoms. The van der Waals surface area contributed by atoms with E-state index >= 15 is 0 Å². The molecule has 1 aromatic carbocycles. The van der Waals surface area contributed by atoms with Crippen molar-refractivity contribution in [3.05, 3.63) is 35.1 Å². The molecule has 1 atom stereocenters. The fourth-order valence-electron chi connectivity index (χ4n) is 1.90. The first-order valence-electron chi connectivity index (χ1n) is 4.81. The Balaban J connectivity index is 2.44. The van der Waals surface area contributed by atoms with E-state index in [2.05, 4.69) is 5.32 Å². The summed E-state index contributed by atoms with van der Waals surface area (Å²) in [5.41, 5.74) is 0.375. The van der Waals surface area contributed by atoms with E-state index in [1.807, 2.05) is 6.92 Å². The third-order valence-electron chi connectivity index (χ3n) is 2.76. The van der Waals surface area contributed by atoms with Crippen LogP contribution in [0.15, 0.2) is 18.2 Å². The molecule has 0 bridgehead atoms.